The van der Waals surface area contributed by atoms with Gasteiger partial charge in [-0.15, -0.1) is 0 Å². The fourth-order valence-electron chi connectivity index (χ4n) is 3.42. The van der Waals surface area contributed by atoms with Crippen LogP contribution in [0.3, 0.4) is 0 Å². The normalized spacial score (nSPS) is 16.8. The molecule has 1 aliphatic rings. The van der Waals surface area contributed by atoms with Crippen molar-refractivity contribution in [3.8, 4) is 5.75 Å². The number of aryl methyl sites for hydroxylation is 1. The molecule has 2 aromatic rings. The van der Waals surface area contributed by atoms with Crippen LogP contribution in [0.25, 0.3) is 0 Å². The fourth-order valence-corrected chi connectivity index (χ4v) is 3.42. The van der Waals surface area contributed by atoms with Gasteiger partial charge in [-0.1, -0.05) is 0 Å². The summed E-state index contributed by atoms with van der Waals surface area (Å²) >= 11 is 0. The van der Waals surface area contributed by atoms with Gasteiger partial charge in [-0.2, -0.15) is 0 Å². The van der Waals surface area contributed by atoms with Gasteiger partial charge >= 0.3 is 0 Å². The monoisotopic (exact) mass is 370 g/mol. The second-order valence-corrected chi connectivity index (χ2v) is 6.84. The predicted molar refractivity (Wildman–Crippen MR) is 102 cm³/mol. The van der Waals surface area contributed by atoms with Gasteiger partial charge < -0.3 is 19.5 Å². The summed E-state index contributed by atoms with van der Waals surface area (Å²) in [4.78, 5) is 30.0. The minimum atomic E-state index is -0.0788. The molecule has 1 aliphatic heterocycles. The number of hydrogen-bond donors (Lipinski definition) is 1. The summed E-state index contributed by atoms with van der Waals surface area (Å²) in [5, 5.41) is 2.68. The summed E-state index contributed by atoms with van der Waals surface area (Å²) in [5.74, 6) is 1.96. The molecule has 7 nitrogen and oxygen atoms in total. The zero-order valence-electron chi connectivity index (χ0n) is 15.9. The quantitative estimate of drug-likeness (QED) is 0.789. The maximum atomic E-state index is 12.9. The van der Waals surface area contributed by atoms with E-state index in [1.807, 2.05) is 22.7 Å². The van der Waals surface area contributed by atoms with E-state index in [0.29, 0.717) is 31.0 Å². The topological polar surface area (TPSA) is 76.5 Å². The zero-order chi connectivity index (χ0) is 19.2. The zero-order valence-corrected chi connectivity index (χ0v) is 15.9. The van der Waals surface area contributed by atoms with Gasteiger partial charge in [0, 0.05) is 50.9 Å². The van der Waals surface area contributed by atoms with Crippen molar-refractivity contribution in [3.63, 3.8) is 0 Å². The molecule has 0 radical (unpaired) electrons. The lowest BCUT2D eigenvalue weighted by atomic mass is 9.96. The Morgan fingerprint density at radius 1 is 1.30 bits per heavy atom. The number of nitrogens with one attached hydrogen (secondary N) is 1. The van der Waals surface area contributed by atoms with Crippen molar-refractivity contribution in [2.45, 2.75) is 25.7 Å². The van der Waals surface area contributed by atoms with E-state index in [1.54, 1.807) is 30.5 Å². The Morgan fingerprint density at radius 2 is 2.07 bits per heavy atom. The Morgan fingerprint density at radius 3 is 2.74 bits per heavy atom. The van der Waals surface area contributed by atoms with Crippen LogP contribution in [0, 0.1) is 0 Å². The smallest absolute Gasteiger partial charge is 0.253 e. The molecule has 144 valence electrons. The largest absolute Gasteiger partial charge is 0.492 e. The number of likely N-dealkylation sites (tertiary alicyclic amines) is 1. The summed E-state index contributed by atoms with van der Waals surface area (Å²) in [5.41, 5.74) is 0.657. The van der Waals surface area contributed by atoms with E-state index in [1.165, 1.54) is 6.92 Å². The highest BCUT2D eigenvalue weighted by atomic mass is 16.5. The molecule has 0 bridgehead atoms. The third-order valence-corrected chi connectivity index (χ3v) is 4.78. The van der Waals surface area contributed by atoms with Crippen molar-refractivity contribution in [3.05, 3.63) is 48.0 Å². The predicted octanol–water partition coefficient (Wildman–Crippen LogP) is 1.95. The lowest BCUT2D eigenvalue weighted by Gasteiger charge is -2.32. The highest BCUT2D eigenvalue weighted by Gasteiger charge is 2.27. The number of amides is 2. The van der Waals surface area contributed by atoms with Crippen molar-refractivity contribution in [2.75, 3.05) is 26.2 Å². The van der Waals surface area contributed by atoms with E-state index >= 15 is 0 Å². The molecule has 7 heteroatoms. The molecule has 0 spiro atoms. The number of aromatic nitrogens is 2. The third kappa shape index (κ3) is 4.87. The average Bonchev–Trinajstić information content (AvgIpc) is 3.11. The van der Waals surface area contributed by atoms with Crippen molar-refractivity contribution >= 4 is 11.8 Å². The molecule has 2 amide bonds. The van der Waals surface area contributed by atoms with Gasteiger partial charge in [0.05, 0.1) is 6.54 Å². The van der Waals surface area contributed by atoms with E-state index in [-0.39, 0.29) is 17.7 Å². The van der Waals surface area contributed by atoms with E-state index in [2.05, 4.69) is 10.3 Å². The summed E-state index contributed by atoms with van der Waals surface area (Å²) in [6.45, 7) is 3.79. The molecule has 0 unspecified atom stereocenters. The summed E-state index contributed by atoms with van der Waals surface area (Å²) in [6.07, 6.45) is 5.78. The molecule has 1 fully saturated rings. The summed E-state index contributed by atoms with van der Waals surface area (Å²) in [7, 11) is 1.99. The van der Waals surface area contributed by atoms with E-state index in [9.17, 15) is 9.59 Å². The number of nitrogens with zero attached hydrogens (tertiary/aromatic N) is 3. The highest BCUT2D eigenvalue weighted by molar-refractivity contribution is 5.94. The maximum absolute atomic E-state index is 12.9. The first-order valence-corrected chi connectivity index (χ1v) is 9.28. The number of carbonyl (C=O) groups excluding carboxylic acids is 2. The number of piperidine rings is 1. The molecule has 3 rings (SSSR count). The number of benzene rings is 1. The number of ether oxygens (including phenoxy) is 1. The van der Waals surface area contributed by atoms with Crippen LogP contribution in [0.5, 0.6) is 5.75 Å². The minimum absolute atomic E-state index is 0.0405. The minimum Gasteiger partial charge on any atom is -0.492 e. The molecule has 0 aliphatic carbocycles. The lowest BCUT2D eigenvalue weighted by Crippen LogP contribution is -2.39. The average molecular weight is 370 g/mol. The van der Waals surface area contributed by atoms with E-state index in [0.717, 1.165) is 25.2 Å². The molecular formula is C20H26N4O3. The van der Waals surface area contributed by atoms with Crippen molar-refractivity contribution in [2.24, 2.45) is 7.05 Å². The molecule has 1 N–H and O–H groups in total. The van der Waals surface area contributed by atoms with Crippen LogP contribution < -0.4 is 10.1 Å². The summed E-state index contributed by atoms with van der Waals surface area (Å²) < 4.78 is 7.60. The number of hydrogen-bond acceptors (Lipinski definition) is 4. The first-order chi connectivity index (χ1) is 13.0. The number of carbonyl (C=O) groups is 2. The SMILES string of the molecule is CC(=O)NCCOc1ccc(C(=O)N2CCC[C@@H](c3nccn3C)C2)cc1. The van der Waals surface area contributed by atoms with Gasteiger partial charge in [-0.3, -0.25) is 9.59 Å². The molecule has 1 atom stereocenters. The number of rotatable bonds is 6. The second kappa shape index (κ2) is 8.70. The molecule has 2 heterocycles. The van der Waals surface area contributed by atoms with Crippen molar-refractivity contribution in [1.29, 1.82) is 0 Å². The Bertz CT molecular complexity index is 785. The Balaban J connectivity index is 1.57. The molecule has 0 saturated carbocycles. The molecule has 27 heavy (non-hydrogen) atoms. The van der Waals surface area contributed by atoms with Gasteiger partial charge in [0.1, 0.15) is 18.2 Å². The number of imidazole rings is 1. The molecule has 1 saturated heterocycles. The van der Waals surface area contributed by atoms with Crippen LogP contribution >= 0.6 is 0 Å². The molecular weight excluding hydrogens is 344 g/mol. The first kappa shape index (κ1) is 18.9. The standard InChI is InChI=1S/C20H26N4O3/c1-15(25)21-10-13-27-18-7-5-16(6-8-18)20(26)24-11-3-4-17(14-24)19-22-9-12-23(19)2/h5-9,12,17H,3-4,10-11,13-14H2,1-2H3,(H,21,25)/t17-/m1/s1. The van der Waals surface area contributed by atoms with Crippen LogP contribution in [0.2, 0.25) is 0 Å². The summed E-state index contributed by atoms with van der Waals surface area (Å²) in [6, 6.07) is 7.17. The van der Waals surface area contributed by atoms with Crippen LogP contribution in [-0.4, -0.2) is 52.5 Å². The van der Waals surface area contributed by atoms with Crippen LogP contribution in [0.15, 0.2) is 36.7 Å². The van der Waals surface area contributed by atoms with E-state index in [4.69, 9.17) is 4.74 Å². The first-order valence-electron chi connectivity index (χ1n) is 9.28. The van der Waals surface area contributed by atoms with Crippen LogP contribution in [0.4, 0.5) is 0 Å². The van der Waals surface area contributed by atoms with E-state index < -0.39 is 0 Å². The molecule has 1 aromatic heterocycles. The van der Waals surface area contributed by atoms with Gasteiger partial charge in [0.25, 0.3) is 5.91 Å². The fraction of sp³-hybridized carbons (Fsp3) is 0.450. The molecule has 1 aromatic carbocycles. The van der Waals surface area contributed by atoms with Crippen molar-refractivity contribution < 1.29 is 14.3 Å². The highest BCUT2D eigenvalue weighted by Crippen LogP contribution is 2.26. The Kier molecular flexibility index (Phi) is 6.11. The van der Waals surface area contributed by atoms with Gasteiger partial charge in [0.2, 0.25) is 5.91 Å². The second-order valence-electron chi connectivity index (χ2n) is 6.84. The van der Waals surface area contributed by atoms with Gasteiger partial charge in [-0.05, 0) is 37.1 Å². The van der Waals surface area contributed by atoms with Gasteiger partial charge in [-0.25, -0.2) is 4.98 Å². The Hall–Kier alpha value is -2.83. The van der Waals surface area contributed by atoms with Crippen LogP contribution in [-0.2, 0) is 11.8 Å². The van der Waals surface area contributed by atoms with Gasteiger partial charge in [0.15, 0.2) is 0 Å². The maximum Gasteiger partial charge on any atom is 0.253 e. The van der Waals surface area contributed by atoms with Crippen LogP contribution in [0.1, 0.15) is 41.9 Å². The third-order valence-electron chi connectivity index (χ3n) is 4.78. The van der Waals surface area contributed by atoms with Crippen molar-refractivity contribution in [1.82, 2.24) is 19.8 Å². The lowest BCUT2D eigenvalue weighted by molar-refractivity contribution is -0.119. The Labute approximate surface area is 159 Å².